The second-order valence-electron chi connectivity index (χ2n) is 4.80. The van der Waals surface area contributed by atoms with Crippen molar-refractivity contribution in [2.75, 3.05) is 6.61 Å². The summed E-state index contributed by atoms with van der Waals surface area (Å²) in [7, 11) is 0. The predicted molar refractivity (Wildman–Crippen MR) is 75.4 cm³/mol. The van der Waals surface area contributed by atoms with E-state index in [1.165, 1.54) is 6.20 Å². The lowest BCUT2D eigenvalue weighted by atomic mass is 9.85. The molecule has 0 spiro atoms. The molecule has 0 fully saturated rings. The highest BCUT2D eigenvalue weighted by Gasteiger charge is 2.21. The second kappa shape index (κ2) is 6.19. The van der Waals surface area contributed by atoms with Gasteiger partial charge in [0, 0.05) is 10.7 Å². The molecular formula is C14H16BrNO3. The lowest BCUT2D eigenvalue weighted by molar-refractivity contribution is 0.0683. The number of nitrogens with zero attached hydrogens (tertiary/aromatic N) is 1. The van der Waals surface area contributed by atoms with E-state index in [2.05, 4.69) is 40.0 Å². The number of hydrogen-bond donors (Lipinski definition) is 1. The van der Waals surface area contributed by atoms with Crippen LogP contribution in [0.4, 0.5) is 0 Å². The van der Waals surface area contributed by atoms with Crippen molar-refractivity contribution >= 4 is 21.9 Å². The molecule has 5 heteroatoms. The van der Waals surface area contributed by atoms with Gasteiger partial charge >= 0.3 is 5.97 Å². The van der Waals surface area contributed by atoms with Crippen LogP contribution in [0.25, 0.3) is 0 Å². The van der Waals surface area contributed by atoms with Crippen LogP contribution in [-0.2, 0) is 0 Å². The van der Waals surface area contributed by atoms with Crippen LogP contribution in [0.3, 0.4) is 0 Å². The Balaban J connectivity index is 2.08. The van der Waals surface area contributed by atoms with E-state index in [1.54, 1.807) is 6.07 Å². The van der Waals surface area contributed by atoms with Crippen molar-refractivity contribution < 1.29 is 14.6 Å². The first-order valence-corrected chi connectivity index (χ1v) is 7.04. The fourth-order valence-electron chi connectivity index (χ4n) is 2.13. The summed E-state index contributed by atoms with van der Waals surface area (Å²) in [4.78, 5) is 15.0. The van der Waals surface area contributed by atoms with Crippen LogP contribution in [0.15, 0.2) is 28.9 Å². The van der Waals surface area contributed by atoms with Crippen molar-refractivity contribution in [3.05, 3.63) is 34.6 Å². The average Bonchev–Trinajstić information content (AvgIpc) is 2.37. The molecule has 2 rings (SSSR count). The number of ether oxygens (including phenoxy) is 1. The van der Waals surface area contributed by atoms with Crippen molar-refractivity contribution in [3.63, 3.8) is 0 Å². The van der Waals surface area contributed by atoms with E-state index in [4.69, 9.17) is 9.84 Å². The van der Waals surface area contributed by atoms with E-state index in [0.29, 0.717) is 28.7 Å². The number of pyridine rings is 1. The van der Waals surface area contributed by atoms with Crippen LogP contribution < -0.4 is 4.74 Å². The van der Waals surface area contributed by atoms with Crippen molar-refractivity contribution in [2.45, 2.75) is 19.8 Å². The largest absolute Gasteiger partial charge is 0.491 e. The van der Waals surface area contributed by atoms with Crippen LogP contribution >= 0.6 is 15.9 Å². The summed E-state index contributed by atoms with van der Waals surface area (Å²) in [6, 6.07) is 1.65. The number of aromatic nitrogens is 1. The third kappa shape index (κ3) is 3.56. The molecule has 2 atom stereocenters. The zero-order chi connectivity index (χ0) is 13.8. The summed E-state index contributed by atoms with van der Waals surface area (Å²) < 4.78 is 6.39. The Bertz CT molecular complexity index is 501. The van der Waals surface area contributed by atoms with Gasteiger partial charge in [0.05, 0.1) is 6.61 Å². The normalized spacial score (nSPS) is 22.2. The number of hydrogen-bond acceptors (Lipinski definition) is 3. The molecule has 1 aliphatic carbocycles. The first kappa shape index (κ1) is 14.1. The first-order valence-electron chi connectivity index (χ1n) is 6.24. The van der Waals surface area contributed by atoms with E-state index >= 15 is 0 Å². The summed E-state index contributed by atoms with van der Waals surface area (Å²) in [6.07, 6.45) is 7.83. The summed E-state index contributed by atoms with van der Waals surface area (Å²) >= 11 is 3.28. The average molecular weight is 326 g/mol. The Morgan fingerprint density at radius 2 is 2.26 bits per heavy atom. The van der Waals surface area contributed by atoms with Crippen molar-refractivity contribution in [2.24, 2.45) is 11.8 Å². The number of carbonyl (C=O) groups is 1. The van der Waals surface area contributed by atoms with Gasteiger partial charge in [-0.3, -0.25) is 0 Å². The molecule has 0 saturated carbocycles. The highest BCUT2D eigenvalue weighted by Crippen LogP contribution is 2.27. The van der Waals surface area contributed by atoms with Gasteiger partial charge < -0.3 is 9.84 Å². The third-order valence-corrected chi connectivity index (χ3v) is 3.83. The molecule has 0 aliphatic heterocycles. The summed E-state index contributed by atoms with van der Waals surface area (Å²) in [6.45, 7) is 2.71. The molecule has 19 heavy (non-hydrogen) atoms. The third-order valence-electron chi connectivity index (χ3n) is 3.39. The molecule has 1 aromatic heterocycles. The van der Waals surface area contributed by atoms with Crippen LogP contribution in [0, 0.1) is 11.8 Å². The second-order valence-corrected chi connectivity index (χ2v) is 5.71. The Kier molecular flexibility index (Phi) is 4.58. The Morgan fingerprint density at radius 1 is 1.53 bits per heavy atom. The lowest BCUT2D eigenvalue weighted by Crippen LogP contribution is -2.21. The fraction of sp³-hybridized carbons (Fsp3) is 0.429. The molecule has 0 bridgehead atoms. The minimum atomic E-state index is -1.07. The van der Waals surface area contributed by atoms with Crippen molar-refractivity contribution in [1.29, 1.82) is 0 Å². The van der Waals surface area contributed by atoms with Crippen LogP contribution in [0.2, 0.25) is 0 Å². The van der Waals surface area contributed by atoms with Crippen molar-refractivity contribution in [3.8, 4) is 5.75 Å². The minimum Gasteiger partial charge on any atom is -0.491 e. The molecule has 2 unspecified atom stereocenters. The highest BCUT2D eigenvalue weighted by atomic mass is 79.9. The molecule has 0 aromatic carbocycles. The Hall–Kier alpha value is -1.36. The number of allylic oxidation sites excluding steroid dienone is 2. The highest BCUT2D eigenvalue weighted by molar-refractivity contribution is 9.10. The monoisotopic (exact) mass is 325 g/mol. The molecule has 1 heterocycles. The predicted octanol–water partition coefficient (Wildman–Crippen LogP) is 3.52. The quantitative estimate of drug-likeness (QED) is 0.860. The maximum absolute atomic E-state index is 11.1. The zero-order valence-corrected chi connectivity index (χ0v) is 12.3. The number of aromatic carboxylic acids is 1. The molecule has 1 aliphatic rings. The van der Waals surface area contributed by atoms with E-state index in [1.807, 2.05) is 0 Å². The molecular weight excluding hydrogens is 310 g/mol. The number of rotatable bonds is 4. The maximum Gasteiger partial charge on any atom is 0.358 e. The van der Waals surface area contributed by atoms with Gasteiger partial charge in [-0.05, 0) is 46.7 Å². The van der Waals surface area contributed by atoms with E-state index in [9.17, 15) is 4.79 Å². The molecule has 0 saturated heterocycles. The fourth-order valence-corrected chi connectivity index (χ4v) is 2.44. The van der Waals surface area contributed by atoms with E-state index < -0.39 is 5.97 Å². The topological polar surface area (TPSA) is 59.4 Å². The van der Waals surface area contributed by atoms with Gasteiger partial charge in [-0.25, -0.2) is 9.78 Å². The molecule has 4 nitrogen and oxygen atoms in total. The molecule has 102 valence electrons. The number of carboxylic acids is 1. The molecule has 1 aromatic rings. The smallest absolute Gasteiger partial charge is 0.358 e. The van der Waals surface area contributed by atoms with E-state index in [-0.39, 0.29) is 5.69 Å². The zero-order valence-electron chi connectivity index (χ0n) is 10.7. The van der Waals surface area contributed by atoms with Crippen LogP contribution in [0.5, 0.6) is 5.75 Å². The standard InChI is InChI=1S/C14H16BrNO3/c1-9-4-2-3-5-10(9)8-19-12-6-11(15)7-16-13(12)14(17)18/h2-3,6-7,9-10H,4-5,8H2,1H3,(H,17,18). The van der Waals surface area contributed by atoms with Crippen LogP contribution in [0.1, 0.15) is 30.3 Å². The van der Waals surface area contributed by atoms with E-state index in [0.717, 1.165) is 12.8 Å². The Labute approximate surface area is 120 Å². The van der Waals surface area contributed by atoms with Gasteiger partial charge in [-0.2, -0.15) is 0 Å². The van der Waals surface area contributed by atoms with Gasteiger partial charge in [0.2, 0.25) is 0 Å². The van der Waals surface area contributed by atoms with Gasteiger partial charge in [0.1, 0.15) is 0 Å². The van der Waals surface area contributed by atoms with Crippen LogP contribution in [-0.4, -0.2) is 22.7 Å². The van der Waals surface area contributed by atoms with Gasteiger partial charge in [0.15, 0.2) is 11.4 Å². The summed E-state index contributed by atoms with van der Waals surface area (Å²) in [5.74, 6) is 0.228. The first-order chi connectivity index (χ1) is 9.08. The SMILES string of the molecule is CC1CC=CCC1COc1cc(Br)cnc1C(=O)O. The molecule has 0 radical (unpaired) electrons. The molecule has 0 amide bonds. The molecule has 1 N–H and O–H groups in total. The van der Waals surface area contributed by atoms with Gasteiger partial charge in [0.25, 0.3) is 0 Å². The number of carboxylic acid groups (broad SMARTS) is 1. The Morgan fingerprint density at radius 3 is 2.95 bits per heavy atom. The minimum absolute atomic E-state index is 0.0396. The van der Waals surface area contributed by atoms with Crippen molar-refractivity contribution in [1.82, 2.24) is 4.98 Å². The van der Waals surface area contributed by atoms with Gasteiger partial charge in [-0.15, -0.1) is 0 Å². The summed E-state index contributed by atoms with van der Waals surface area (Å²) in [5, 5.41) is 9.08. The maximum atomic E-state index is 11.1. The number of halogens is 1. The lowest BCUT2D eigenvalue weighted by Gasteiger charge is -2.25. The van der Waals surface area contributed by atoms with Gasteiger partial charge in [-0.1, -0.05) is 19.1 Å². The summed E-state index contributed by atoms with van der Waals surface area (Å²) in [5.41, 5.74) is -0.0396.